The van der Waals surface area contributed by atoms with Gasteiger partial charge in [0.05, 0.1) is 44.1 Å². The van der Waals surface area contributed by atoms with Gasteiger partial charge in [-0.1, -0.05) is 140 Å². The Bertz CT molecular complexity index is 3960. The van der Waals surface area contributed by atoms with Gasteiger partial charge >= 0.3 is 0 Å². The second kappa shape index (κ2) is 13.2. The van der Waals surface area contributed by atoms with E-state index in [1.165, 1.54) is 0 Å². The molecule has 14 aromatic rings. The smallest absolute Gasteiger partial charge is 0.241 e. The van der Waals surface area contributed by atoms with Crippen molar-refractivity contribution in [3.63, 3.8) is 0 Å². The van der Waals surface area contributed by atoms with Crippen LogP contribution in [0.25, 0.3) is 89.5 Å². The van der Waals surface area contributed by atoms with E-state index in [1.807, 2.05) is 24.3 Å². The molecular formula is C53H33N9OSi. The summed E-state index contributed by atoms with van der Waals surface area (Å²) in [7, 11) is -3.48. The Kier molecular flexibility index (Phi) is 7.20. The van der Waals surface area contributed by atoms with Gasteiger partial charge in [0.2, 0.25) is 31.5 Å². The quantitative estimate of drug-likeness (QED) is 0.123. The predicted molar refractivity (Wildman–Crippen MR) is 257 cm³/mol. The van der Waals surface area contributed by atoms with Gasteiger partial charge in [-0.3, -0.25) is 8.80 Å². The molecule has 0 atom stereocenters. The lowest BCUT2D eigenvalue weighted by Crippen LogP contribution is -2.76. The average Bonchev–Trinajstić information content (AvgIpc) is 4.16. The maximum absolute atomic E-state index is 6.44. The van der Waals surface area contributed by atoms with Crippen molar-refractivity contribution in [1.29, 1.82) is 0 Å². The van der Waals surface area contributed by atoms with E-state index >= 15 is 0 Å². The lowest BCUT2D eigenvalue weighted by Gasteiger charge is -2.32. The number of hydrogen-bond acceptors (Lipinski definition) is 6. The van der Waals surface area contributed by atoms with E-state index in [9.17, 15) is 0 Å². The fourth-order valence-electron chi connectivity index (χ4n) is 10.0. The number of fused-ring (bicyclic) bond motifs is 13. The van der Waals surface area contributed by atoms with Crippen LogP contribution in [0.3, 0.4) is 0 Å². The molecule has 0 aliphatic heterocycles. The van der Waals surface area contributed by atoms with Gasteiger partial charge in [0, 0.05) is 10.8 Å². The normalized spacial score (nSPS) is 12.4. The minimum absolute atomic E-state index is 0.451. The number of hydrogen-bond donors (Lipinski definition) is 0. The van der Waals surface area contributed by atoms with Gasteiger partial charge < -0.3 is 4.42 Å². The minimum Gasteiger partial charge on any atom is -0.456 e. The lowest BCUT2D eigenvalue weighted by molar-refractivity contribution is 0.669. The molecule has 0 saturated heterocycles. The Morgan fingerprint density at radius 2 is 0.797 bits per heavy atom. The number of imidazole rings is 4. The Morgan fingerprint density at radius 1 is 0.344 bits per heavy atom. The summed E-state index contributed by atoms with van der Waals surface area (Å²) in [4.78, 5) is 27.6. The zero-order chi connectivity index (χ0) is 41.9. The highest BCUT2D eigenvalue weighted by Crippen LogP contribution is 2.32. The summed E-state index contributed by atoms with van der Waals surface area (Å²) in [6.07, 6.45) is 0. The molecule has 11 heteroatoms. The number of nitrogens with zero attached hydrogens (tertiary/aromatic N) is 9. The molecule has 10 nitrogen and oxygen atoms in total. The third-order valence-corrected chi connectivity index (χ3v) is 17.3. The fraction of sp³-hybridized carbons (Fsp3) is 0. The van der Waals surface area contributed by atoms with Crippen molar-refractivity contribution in [3.8, 4) is 11.9 Å². The highest BCUT2D eigenvalue weighted by atomic mass is 28.3. The molecule has 0 fully saturated rings. The molecule has 8 aromatic carbocycles. The van der Waals surface area contributed by atoms with Crippen LogP contribution in [0.5, 0.6) is 0 Å². The maximum atomic E-state index is 6.44. The molecule has 0 aliphatic carbocycles. The third kappa shape index (κ3) is 4.75. The third-order valence-electron chi connectivity index (χ3n) is 12.8. The Balaban J connectivity index is 1.18. The van der Waals surface area contributed by atoms with E-state index in [0.717, 1.165) is 81.6 Å². The van der Waals surface area contributed by atoms with Gasteiger partial charge in [-0.05, 0) is 76.2 Å². The molecule has 0 unspecified atom stereocenters. The monoisotopic (exact) mass is 839 g/mol. The molecule has 64 heavy (non-hydrogen) atoms. The number of aromatic nitrogens is 9. The number of furan rings is 1. The van der Waals surface area contributed by atoms with Crippen molar-refractivity contribution in [2.75, 3.05) is 0 Å². The molecule has 14 rings (SSSR count). The molecule has 0 saturated carbocycles. The van der Waals surface area contributed by atoms with Crippen LogP contribution in [0.1, 0.15) is 0 Å². The second-order valence-electron chi connectivity index (χ2n) is 16.2. The summed E-state index contributed by atoms with van der Waals surface area (Å²) in [6.45, 7) is 0. The predicted octanol–water partition coefficient (Wildman–Crippen LogP) is 8.64. The summed E-state index contributed by atoms with van der Waals surface area (Å²) < 4.78 is 15.0. The maximum Gasteiger partial charge on any atom is 0.241 e. The highest BCUT2D eigenvalue weighted by molar-refractivity contribution is 7.19. The van der Waals surface area contributed by atoms with Gasteiger partial charge in [-0.2, -0.15) is 4.98 Å². The first-order chi connectivity index (χ1) is 31.7. The Labute approximate surface area is 364 Å². The zero-order valence-corrected chi connectivity index (χ0v) is 35.0. The molecule has 0 spiro atoms. The van der Waals surface area contributed by atoms with Crippen LogP contribution >= 0.6 is 0 Å². The van der Waals surface area contributed by atoms with Crippen LogP contribution in [0.15, 0.2) is 205 Å². The summed E-state index contributed by atoms with van der Waals surface area (Å²) in [5.41, 5.74) is 9.93. The number of para-hydroxylation sites is 9. The molecular weight excluding hydrogens is 807 g/mol. The standard InChI is InChI=1S/C53H33N9OSi/c1-3-17-34(18-4-1)64(35-19-5-2-6-20-35,36-31-32-48-38(33-36)37-21-7-16-30-47(37)63-48)51-57-49(61-45-28-14-12-26-43(45)59-41-24-10-8-22-39(41)54-52(59)61)56-50(58-51)62-46-29-15-13-27-44(46)60-42-25-11-9-23-40(42)55-53(60)62/h1-33H. The summed E-state index contributed by atoms with van der Waals surface area (Å²) >= 11 is 0. The van der Waals surface area contributed by atoms with E-state index in [-0.39, 0.29) is 0 Å². The van der Waals surface area contributed by atoms with Gasteiger partial charge in [0.15, 0.2) is 0 Å². The van der Waals surface area contributed by atoms with Crippen LogP contribution < -0.4 is 21.0 Å². The van der Waals surface area contributed by atoms with Crippen LogP contribution in [0, 0.1) is 0 Å². The molecule has 0 amide bonds. The van der Waals surface area contributed by atoms with Crippen molar-refractivity contribution in [1.82, 2.24) is 42.9 Å². The minimum atomic E-state index is -3.48. The van der Waals surface area contributed by atoms with Gasteiger partial charge in [-0.15, -0.1) is 0 Å². The van der Waals surface area contributed by atoms with Crippen molar-refractivity contribution in [3.05, 3.63) is 200 Å². The van der Waals surface area contributed by atoms with Crippen LogP contribution in [-0.2, 0) is 0 Å². The summed E-state index contributed by atoms with van der Waals surface area (Å²) in [5.74, 6) is 2.31. The van der Waals surface area contributed by atoms with E-state index in [2.05, 4.69) is 194 Å². The molecule has 0 N–H and O–H groups in total. The van der Waals surface area contributed by atoms with Crippen molar-refractivity contribution >= 4 is 107 Å². The Hall–Kier alpha value is -8.67. The van der Waals surface area contributed by atoms with Gasteiger partial charge in [0.1, 0.15) is 16.6 Å². The molecule has 0 aliphatic rings. The molecule has 300 valence electrons. The van der Waals surface area contributed by atoms with Crippen molar-refractivity contribution in [2.24, 2.45) is 0 Å². The van der Waals surface area contributed by atoms with Crippen LogP contribution in [0.4, 0.5) is 0 Å². The SMILES string of the molecule is c1ccc([Si](c2ccccc2)(c2ccc3oc4ccccc4c3c2)c2nc(-n3c4ccccc4n4c5ccccc5nc34)nc(-n3c4ccccc4n4c5ccccc5nc34)n2)cc1. The first-order valence-corrected chi connectivity index (χ1v) is 23.3. The molecule has 0 bridgehead atoms. The number of rotatable bonds is 6. The van der Waals surface area contributed by atoms with E-state index in [0.29, 0.717) is 28.9 Å². The van der Waals surface area contributed by atoms with E-state index < -0.39 is 8.07 Å². The summed E-state index contributed by atoms with van der Waals surface area (Å²) in [5, 5.41) is 5.45. The van der Waals surface area contributed by atoms with Crippen molar-refractivity contribution in [2.45, 2.75) is 0 Å². The molecule has 6 aromatic heterocycles. The zero-order valence-electron chi connectivity index (χ0n) is 34.0. The average molecular weight is 840 g/mol. The number of benzene rings is 8. The lowest BCUT2D eigenvalue weighted by atomic mass is 10.1. The first kappa shape index (κ1) is 35.0. The molecule has 0 radical (unpaired) electrons. The molecule has 6 heterocycles. The van der Waals surface area contributed by atoms with Gasteiger partial charge in [-0.25, -0.2) is 29.1 Å². The first-order valence-electron chi connectivity index (χ1n) is 21.3. The topological polar surface area (TPSA) is 96.3 Å². The van der Waals surface area contributed by atoms with Crippen molar-refractivity contribution < 1.29 is 4.42 Å². The van der Waals surface area contributed by atoms with Crippen LogP contribution in [-0.4, -0.2) is 50.9 Å². The second-order valence-corrected chi connectivity index (χ2v) is 19.8. The fourth-order valence-corrected chi connectivity index (χ4v) is 14.4. The van der Waals surface area contributed by atoms with Crippen LogP contribution in [0.2, 0.25) is 0 Å². The van der Waals surface area contributed by atoms with E-state index in [1.54, 1.807) is 0 Å². The Morgan fingerprint density at radius 3 is 1.36 bits per heavy atom. The summed E-state index contributed by atoms with van der Waals surface area (Å²) in [6, 6.07) is 69.6. The largest absolute Gasteiger partial charge is 0.456 e. The van der Waals surface area contributed by atoms with Gasteiger partial charge in [0.25, 0.3) is 0 Å². The highest BCUT2D eigenvalue weighted by Gasteiger charge is 2.46. The van der Waals surface area contributed by atoms with E-state index in [4.69, 9.17) is 29.3 Å².